The molecule has 4 N–H and O–H groups in total. The van der Waals surface area contributed by atoms with Crippen LogP contribution in [0.25, 0.3) is 0 Å². The normalized spacial score (nSPS) is 23.0. The minimum absolute atomic E-state index is 0.0828. The molecule has 1 aromatic rings. The maximum Gasteiger partial charge on any atom is 0.223 e. The quantitative estimate of drug-likeness (QED) is 0.802. The summed E-state index contributed by atoms with van der Waals surface area (Å²) in [5.74, 6) is -0.139. The van der Waals surface area contributed by atoms with Crippen molar-refractivity contribution < 1.29 is 9.90 Å². The lowest BCUT2D eigenvalue weighted by Gasteiger charge is -2.27. The number of nitrogens with one attached hydrogen (secondary N) is 1. The van der Waals surface area contributed by atoms with Crippen molar-refractivity contribution in [1.29, 1.82) is 0 Å². The van der Waals surface area contributed by atoms with Crippen molar-refractivity contribution >= 4 is 29.1 Å². The molecule has 0 radical (unpaired) electrons. The zero-order chi connectivity index (χ0) is 15.1. The Hall–Kier alpha value is -0.970. The molecule has 2 rings (SSSR count). The van der Waals surface area contributed by atoms with E-state index in [-0.39, 0.29) is 23.6 Å². The van der Waals surface area contributed by atoms with Crippen LogP contribution in [-0.4, -0.2) is 17.6 Å². The SMILES string of the molecule is CC(C)(C(N)=O)[C@@H]1CN[C@@H](c2c(O)ccc(Cl)c2Cl)C1. The van der Waals surface area contributed by atoms with Crippen molar-refractivity contribution in [3.63, 3.8) is 0 Å². The highest BCUT2D eigenvalue weighted by atomic mass is 35.5. The van der Waals surface area contributed by atoms with Gasteiger partial charge in [-0.2, -0.15) is 0 Å². The minimum atomic E-state index is -0.609. The largest absolute Gasteiger partial charge is 0.508 e. The number of hydrogen-bond acceptors (Lipinski definition) is 3. The third-order valence-corrected chi connectivity index (χ3v) is 5.06. The number of hydrogen-bond donors (Lipinski definition) is 3. The van der Waals surface area contributed by atoms with Crippen LogP contribution >= 0.6 is 23.2 Å². The second kappa shape index (κ2) is 5.43. The van der Waals surface area contributed by atoms with Crippen LogP contribution in [0.15, 0.2) is 12.1 Å². The van der Waals surface area contributed by atoms with Gasteiger partial charge in [0.25, 0.3) is 0 Å². The predicted molar refractivity (Wildman–Crippen MR) is 80.0 cm³/mol. The minimum Gasteiger partial charge on any atom is -0.508 e. The molecular weight excluding hydrogens is 299 g/mol. The Kier molecular flexibility index (Phi) is 4.19. The van der Waals surface area contributed by atoms with Crippen LogP contribution in [0.1, 0.15) is 31.9 Å². The molecular formula is C14H18Cl2N2O2. The number of phenols is 1. The molecule has 20 heavy (non-hydrogen) atoms. The molecule has 1 heterocycles. The molecule has 0 bridgehead atoms. The molecule has 2 atom stereocenters. The van der Waals surface area contributed by atoms with Gasteiger partial charge in [0.2, 0.25) is 5.91 Å². The topological polar surface area (TPSA) is 75.4 Å². The van der Waals surface area contributed by atoms with Crippen molar-refractivity contribution in [3.8, 4) is 5.75 Å². The van der Waals surface area contributed by atoms with Gasteiger partial charge in [-0.25, -0.2) is 0 Å². The van der Waals surface area contributed by atoms with E-state index in [0.29, 0.717) is 28.6 Å². The zero-order valence-electron chi connectivity index (χ0n) is 11.4. The van der Waals surface area contributed by atoms with Gasteiger partial charge in [-0.05, 0) is 31.0 Å². The van der Waals surface area contributed by atoms with Crippen molar-refractivity contribution in [2.24, 2.45) is 17.1 Å². The van der Waals surface area contributed by atoms with E-state index in [0.717, 1.165) is 0 Å². The van der Waals surface area contributed by atoms with Gasteiger partial charge in [-0.15, -0.1) is 0 Å². The molecule has 4 nitrogen and oxygen atoms in total. The first-order valence-corrected chi connectivity index (χ1v) is 7.21. The number of halogens is 2. The van der Waals surface area contributed by atoms with Crippen molar-refractivity contribution in [3.05, 3.63) is 27.7 Å². The van der Waals surface area contributed by atoms with E-state index in [1.807, 2.05) is 13.8 Å². The highest BCUT2D eigenvalue weighted by molar-refractivity contribution is 6.42. The molecule has 1 saturated heterocycles. The number of carbonyl (C=O) groups is 1. The number of phenolic OH excluding ortho intramolecular Hbond substituents is 1. The average Bonchev–Trinajstić information content (AvgIpc) is 2.84. The Morgan fingerprint density at radius 3 is 2.70 bits per heavy atom. The molecule has 110 valence electrons. The monoisotopic (exact) mass is 316 g/mol. The fraction of sp³-hybridized carbons (Fsp3) is 0.500. The van der Waals surface area contributed by atoms with E-state index in [2.05, 4.69) is 5.32 Å². The summed E-state index contributed by atoms with van der Waals surface area (Å²) in [6, 6.07) is 2.95. The van der Waals surface area contributed by atoms with Gasteiger partial charge in [-0.1, -0.05) is 37.0 Å². The van der Waals surface area contributed by atoms with E-state index in [1.54, 1.807) is 6.07 Å². The summed E-state index contributed by atoms with van der Waals surface area (Å²) >= 11 is 12.2. The fourth-order valence-electron chi connectivity index (χ4n) is 2.59. The lowest BCUT2D eigenvalue weighted by molar-refractivity contribution is -0.128. The van der Waals surface area contributed by atoms with Crippen molar-refractivity contribution in [2.45, 2.75) is 26.3 Å². The summed E-state index contributed by atoms with van der Waals surface area (Å²) in [5.41, 5.74) is 5.43. The van der Waals surface area contributed by atoms with Gasteiger partial charge in [0.15, 0.2) is 0 Å². The van der Waals surface area contributed by atoms with Crippen LogP contribution in [0.5, 0.6) is 5.75 Å². The van der Waals surface area contributed by atoms with Crippen LogP contribution in [0, 0.1) is 11.3 Å². The molecule has 0 saturated carbocycles. The molecule has 1 aromatic carbocycles. The highest BCUT2D eigenvalue weighted by Gasteiger charge is 2.41. The number of benzene rings is 1. The van der Waals surface area contributed by atoms with Gasteiger partial charge in [0.05, 0.1) is 10.0 Å². The van der Waals surface area contributed by atoms with E-state index in [1.165, 1.54) is 6.07 Å². The molecule has 1 fully saturated rings. The smallest absolute Gasteiger partial charge is 0.223 e. The third-order valence-electron chi connectivity index (χ3n) is 4.24. The second-order valence-corrected chi connectivity index (χ2v) is 6.56. The molecule has 0 spiro atoms. The number of nitrogens with two attached hydrogens (primary N) is 1. The Labute approximate surface area is 128 Å². The first-order chi connectivity index (χ1) is 9.25. The van der Waals surface area contributed by atoms with Crippen molar-refractivity contribution in [2.75, 3.05) is 6.54 Å². The molecule has 0 aromatic heterocycles. The zero-order valence-corrected chi connectivity index (χ0v) is 12.9. The maximum atomic E-state index is 11.5. The Balaban J connectivity index is 2.27. The van der Waals surface area contributed by atoms with Crippen LogP contribution in [0.2, 0.25) is 10.0 Å². The number of aromatic hydroxyl groups is 1. The average molecular weight is 317 g/mol. The first kappa shape index (κ1) is 15.4. The highest BCUT2D eigenvalue weighted by Crippen LogP contribution is 2.44. The summed E-state index contributed by atoms with van der Waals surface area (Å²) in [6.45, 7) is 4.32. The molecule has 0 unspecified atom stereocenters. The Morgan fingerprint density at radius 1 is 1.45 bits per heavy atom. The Bertz CT molecular complexity index is 546. The number of carbonyl (C=O) groups excluding carboxylic acids is 1. The van der Waals surface area contributed by atoms with E-state index >= 15 is 0 Å². The number of primary amides is 1. The van der Waals surface area contributed by atoms with Gasteiger partial charge in [0, 0.05) is 17.0 Å². The van der Waals surface area contributed by atoms with Gasteiger partial charge < -0.3 is 16.2 Å². The lowest BCUT2D eigenvalue weighted by Crippen LogP contribution is -2.39. The summed E-state index contributed by atoms with van der Waals surface area (Å²) < 4.78 is 0. The number of amides is 1. The molecule has 1 aliphatic rings. The molecule has 1 amide bonds. The van der Waals surface area contributed by atoms with Gasteiger partial charge >= 0.3 is 0 Å². The second-order valence-electron chi connectivity index (χ2n) is 5.77. The van der Waals surface area contributed by atoms with Crippen LogP contribution in [-0.2, 0) is 4.79 Å². The third kappa shape index (κ3) is 2.60. The summed E-state index contributed by atoms with van der Waals surface area (Å²) in [5, 5.41) is 14.0. The fourth-order valence-corrected chi connectivity index (χ4v) is 3.05. The van der Waals surface area contributed by atoms with E-state index in [4.69, 9.17) is 28.9 Å². The molecule has 0 aliphatic carbocycles. The number of rotatable bonds is 3. The van der Waals surface area contributed by atoms with E-state index < -0.39 is 5.41 Å². The van der Waals surface area contributed by atoms with E-state index in [9.17, 15) is 9.90 Å². The van der Waals surface area contributed by atoms with Gasteiger partial charge in [-0.3, -0.25) is 4.79 Å². The van der Waals surface area contributed by atoms with Crippen LogP contribution in [0.3, 0.4) is 0 Å². The van der Waals surface area contributed by atoms with Crippen molar-refractivity contribution in [1.82, 2.24) is 5.32 Å². The molecule has 6 heteroatoms. The standard InChI is InChI=1S/C14H18Cl2N2O2/c1-14(2,13(17)20)7-5-9(18-6-7)11-10(19)4-3-8(15)12(11)16/h3-4,7,9,18-19H,5-6H2,1-2H3,(H2,17,20)/t7-,9+/m0/s1. The van der Waals surface area contributed by atoms with Crippen LogP contribution in [0.4, 0.5) is 0 Å². The Morgan fingerprint density at radius 2 is 2.10 bits per heavy atom. The summed E-state index contributed by atoms with van der Waals surface area (Å²) in [7, 11) is 0. The first-order valence-electron chi connectivity index (χ1n) is 6.45. The van der Waals surface area contributed by atoms with Crippen LogP contribution < -0.4 is 11.1 Å². The lowest BCUT2D eigenvalue weighted by atomic mass is 9.76. The molecule has 1 aliphatic heterocycles. The summed E-state index contributed by atoms with van der Waals surface area (Å²) in [6.07, 6.45) is 0.670. The summed E-state index contributed by atoms with van der Waals surface area (Å²) in [4.78, 5) is 11.5. The maximum absolute atomic E-state index is 11.5. The van der Waals surface area contributed by atoms with Gasteiger partial charge in [0.1, 0.15) is 5.75 Å². The predicted octanol–water partition coefficient (Wildman–Crippen LogP) is 2.86.